The van der Waals surface area contributed by atoms with E-state index in [1.807, 2.05) is 19.1 Å². The second-order valence-electron chi connectivity index (χ2n) is 3.60. The lowest BCUT2D eigenvalue weighted by Crippen LogP contribution is -2.27. The maximum Gasteiger partial charge on any atom is 0.140 e. The molecule has 86 valence electrons. The summed E-state index contributed by atoms with van der Waals surface area (Å²) in [7, 11) is -0.801. The fourth-order valence-electron chi connectivity index (χ4n) is 1.18. The minimum Gasteiger partial charge on any atom is -0.311 e. The predicted molar refractivity (Wildman–Crippen MR) is 64.2 cm³/mol. The molecule has 1 N–H and O–H groups in total. The second-order valence-corrected chi connectivity index (χ2v) is 5.40. The first-order valence-corrected chi connectivity index (χ1v) is 6.63. The van der Waals surface area contributed by atoms with Crippen molar-refractivity contribution in [1.82, 2.24) is 10.3 Å². The molecule has 0 radical (unpaired) electrons. The molecule has 16 heavy (non-hydrogen) atoms. The van der Waals surface area contributed by atoms with E-state index in [1.54, 1.807) is 18.5 Å². The van der Waals surface area contributed by atoms with Crippen LogP contribution in [0.2, 0.25) is 0 Å². The minimum atomic E-state index is -0.801. The summed E-state index contributed by atoms with van der Waals surface area (Å²) in [6.07, 6.45) is 3.32. The Labute approximate surface area is 98.2 Å². The highest BCUT2D eigenvalue weighted by molar-refractivity contribution is 7.84. The molecule has 0 amide bonds. The average Bonchev–Trinajstić information content (AvgIpc) is 2.29. The molecule has 0 aliphatic rings. The lowest BCUT2D eigenvalue weighted by molar-refractivity contribution is 0.647. The smallest absolute Gasteiger partial charge is 0.140 e. The van der Waals surface area contributed by atoms with E-state index in [4.69, 9.17) is 5.26 Å². The Morgan fingerprint density at radius 3 is 3.06 bits per heavy atom. The second kappa shape index (κ2) is 6.36. The molecule has 0 saturated carbocycles. The average molecular weight is 237 g/mol. The monoisotopic (exact) mass is 237 g/mol. The largest absolute Gasteiger partial charge is 0.311 e. The molecule has 2 atom stereocenters. The highest BCUT2D eigenvalue weighted by Gasteiger charge is 2.05. The number of nitriles is 1. The van der Waals surface area contributed by atoms with Crippen LogP contribution in [0.15, 0.2) is 18.3 Å². The first kappa shape index (κ1) is 12.8. The molecule has 1 heterocycles. The van der Waals surface area contributed by atoms with E-state index in [1.165, 1.54) is 0 Å². The maximum atomic E-state index is 11.1. The minimum absolute atomic E-state index is 0.136. The van der Waals surface area contributed by atoms with Crippen LogP contribution in [0.25, 0.3) is 0 Å². The molecule has 4 nitrogen and oxygen atoms in total. The van der Waals surface area contributed by atoms with Gasteiger partial charge in [-0.25, -0.2) is 4.98 Å². The van der Waals surface area contributed by atoms with Crippen molar-refractivity contribution in [2.24, 2.45) is 0 Å². The fraction of sp³-hybridized carbons (Fsp3) is 0.455. The van der Waals surface area contributed by atoms with Crippen LogP contribution < -0.4 is 5.32 Å². The molecule has 1 aromatic rings. The van der Waals surface area contributed by atoms with Crippen LogP contribution in [-0.4, -0.2) is 27.2 Å². The van der Waals surface area contributed by atoms with Gasteiger partial charge in [0, 0.05) is 41.6 Å². The maximum absolute atomic E-state index is 11.1. The Balaban J connectivity index is 2.43. The zero-order chi connectivity index (χ0) is 12.0. The van der Waals surface area contributed by atoms with Crippen molar-refractivity contribution in [2.75, 3.05) is 12.8 Å². The summed E-state index contributed by atoms with van der Waals surface area (Å²) in [4.78, 5) is 3.89. The van der Waals surface area contributed by atoms with Gasteiger partial charge >= 0.3 is 0 Å². The van der Waals surface area contributed by atoms with Gasteiger partial charge in [-0.05, 0) is 24.6 Å². The first-order valence-electron chi connectivity index (χ1n) is 5.01. The van der Waals surface area contributed by atoms with E-state index >= 15 is 0 Å². The van der Waals surface area contributed by atoms with Crippen LogP contribution in [0.4, 0.5) is 0 Å². The molecule has 0 aliphatic heterocycles. The number of hydrogen-bond acceptors (Lipinski definition) is 4. The summed E-state index contributed by atoms with van der Waals surface area (Å²) in [5.41, 5.74) is 1.44. The summed E-state index contributed by atoms with van der Waals surface area (Å²) in [6.45, 7) is 3.31. The Bertz CT molecular complexity index is 414. The van der Waals surface area contributed by atoms with Crippen molar-refractivity contribution >= 4 is 10.8 Å². The Hall–Kier alpha value is -1.25. The Morgan fingerprint density at radius 1 is 1.69 bits per heavy atom. The topological polar surface area (TPSA) is 65.8 Å². The predicted octanol–water partition coefficient (Wildman–Crippen LogP) is 0.810. The Morgan fingerprint density at radius 2 is 2.44 bits per heavy atom. The molecule has 0 bridgehead atoms. The van der Waals surface area contributed by atoms with E-state index in [0.29, 0.717) is 18.8 Å². The van der Waals surface area contributed by atoms with Crippen LogP contribution >= 0.6 is 0 Å². The van der Waals surface area contributed by atoms with Crippen LogP contribution in [0, 0.1) is 11.3 Å². The van der Waals surface area contributed by atoms with Crippen LogP contribution in [0.5, 0.6) is 0 Å². The number of aromatic nitrogens is 1. The SMILES string of the molecule is CC(CNCc1ccnc(C#N)c1)S(C)=O. The van der Waals surface area contributed by atoms with Crippen molar-refractivity contribution in [3.8, 4) is 6.07 Å². The molecule has 5 heteroatoms. The third-order valence-electron chi connectivity index (χ3n) is 2.27. The van der Waals surface area contributed by atoms with E-state index in [2.05, 4.69) is 10.3 Å². The van der Waals surface area contributed by atoms with Crippen LogP contribution in [-0.2, 0) is 17.3 Å². The molecule has 0 spiro atoms. The number of nitrogens with zero attached hydrogens (tertiary/aromatic N) is 2. The summed E-state index contributed by atoms with van der Waals surface area (Å²) in [5.74, 6) is 0. The molecule has 0 aliphatic carbocycles. The van der Waals surface area contributed by atoms with Gasteiger partial charge in [-0.15, -0.1) is 0 Å². The van der Waals surface area contributed by atoms with Crippen molar-refractivity contribution in [3.63, 3.8) is 0 Å². The number of nitrogens with one attached hydrogen (secondary N) is 1. The Kier molecular flexibility index (Phi) is 5.09. The van der Waals surface area contributed by atoms with E-state index in [9.17, 15) is 4.21 Å². The number of rotatable bonds is 5. The van der Waals surface area contributed by atoms with Gasteiger partial charge in [-0.1, -0.05) is 0 Å². The quantitative estimate of drug-likeness (QED) is 0.823. The highest BCUT2D eigenvalue weighted by Crippen LogP contribution is 2.00. The lowest BCUT2D eigenvalue weighted by Gasteiger charge is -2.09. The summed E-state index contributed by atoms with van der Waals surface area (Å²) < 4.78 is 11.1. The van der Waals surface area contributed by atoms with E-state index < -0.39 is 10.8 Å². The lowest BCUT2D eigenvalue weighted by atomic mass is 10.2. The van der Waals surface area contributed by atoms with E-state index in [0.717, 1.165) is 5.56 Å². The van der Waals surface area contributed by atoms with Gasteiger partial charge < -0.3 is 5.32 Å². The van der Waals surface area contributed by atoms with Crippen molar-refractivity contribution in [2.45, 2.75) is 18.7 Å². The normalized spacial score (nSPS) is 14.1. The molecule has 0 fully saturated rings. The van der Waals surface area contributed by atoms with Gasteiger partial charge in [0.15, 0.2) is 0 Å². The van der Waals surface area contributed by atoms with Crippen molar-refractivity contribution in [1.29, 1.82) is 5.26 Å². The molecular weight excluding hydrogens is 222 g/mol. The summed E-state index contributed by atoms with van der Waals surface area (Å²) >= 11 is 0. The third-order valence-corrected chi connectivity index (χ3v) is 3.57. The number of hydrogen-bond donors (Lipinski definition) is 1. The van der Waals surface area contributed by atoms with Crippen LogP contribution in [0.3, 0.4) is 0 Å². The van der Waals surface area contributed by atoms with Crippen molar-refractivity contribution in [3.05, 3.63) is 29.6 Å². The third kappa shape index (κ3) is 4.09. The van der Waals surface area contributed by atoms with E-state index in [-0.39, 0.29) is 5.25 Å². The van der Waals surface area contributed by atoms with Crippen molar-refractivity contribution < 1.29 is 4.21 Å². The van der Waals surface area contributed by atoms with Gasteiger partial charge in [0.25, 0.3) is 0 Å². The van der Waals surface area contributed by atoms with Gasteiger partial charge in [-0.2, -0.15) is 5.26 Å². The zero-order valence-electron chi connectivity index (χ0n) is 9.43. The van der Waals surface area contributed by atoms with Gasteiger partial charge in [0.05, 0.1) is 0 Å². The standard InChI is InChI=1S/C11H15N3OS/c1-9(16(2)15)7-13-8-10-3-4-14-11(5-10)6-12/h3-5,9,13H,7-8H2,1-2H3. The molecule has 1 aromatic heterocycles. The van der Waals surface area contributed by atoms with Gasteiger partial charge in [-0.3, -0.25) is 4.21 Å². The molecule has 0 aromatic carbocycles. The molecular formula is C11H15N3OS. The van der Waals surface area contributed by atoms with Crippen LogP contribution in [0.1, 0.15) is 18.2 Å². The molecule has 1 rings (SSSR count). The number of pyridine rings is 1. The van der Waals surface area contributed by atoms with Gasteiger partial charge in [0.2, 0.25) is 0 Å². The highest BCUT2D eigenvalue weighted by atomic mass is 32.2. The van der Waals surface area contributed by atoms with Gasteiger partial charge in [0.1, 0.15) is 11.8 Å². The fourth-order valence-corrected chi connectivity index (χ4v) is 1.54. The molecule has 0 saturated heterocycles. The first-order chi connectivity index (χ1) is 7.63. The summed E-state index contributed by atoms with van der Waals surface area (Å²) in [5, 5.41) is 12.0. The zero-order valence-corrected chi connectivity index (χ0v) is 10.3. The summed E-state index contributed by atoms with van der Waals surface area (Å²) in [6, 6.07) is 5.61. The molecule has 2 unspecified atom stereocenters.